The molecule has 1 aliphatic rings. The van der Waals surface area contributed by atoms with Crippen molar-refractivity contribution < 1.29 is 4.79 Å². The summed E-state index contributed by atoms with van der Waals surface area (Å²) in [5, 5.41) is 3.29. The zero-order valence-electron chi connectivity index (χ0n) is 14.3. The summed E-state index contributed by atoms with van der Waals surface area (Å²) >= 11 is 0. The highest BCUT2D eigenvalue weighted by Gasteiger charge is 2.44. The number of carbonyl (C=O) groups is 1. The van der Waals surface area contributed by atoms with E-state index in [-0.39, 0.29) is 17.9 Å². The maximum atomic E-state index is 12.7. The van der Waals surface area contributed by atoms with Crippen molar-refractivity contribution in [3.05, 3.63) is 66.0 Å². The second-order valence-electron chi connectivity index (χ2n) is 6.70. The predicted octanol–water partition coefficient (Wildman–Crippen LogP) is 4.62. The number of aromatic nitrogens is 1. The number of pyridine rings is 1. The first-order valence-corrected chi connectivity index (χ1v) is 9.05. The molecule has 1 heterocycles. The second-order valence-corrected chi connectivity index (χ2v) is 6.70. The molecule has 0 radical (unpaired) electrons. The molecule has 1 N–H and O–H groups in total. The Hall–Kier alpha value is -2.16. The molecule has 3 heteroatoms. The van der Waals surface area contributed by atoms with Crippen LogP contribution < -0.4 is 5.32 Å². The first kappa shape index (κ1) is 16.7. The predicted molar refractivity (Wildman–Crippen MR) is 96.6 cm³/mol. The largest absolute Gasteiger partial charge is 0.349 e. The van der Waals surface area contributed by atoms with Crippen molar-refractivity contribution in [2.75, 3.05) is 0 Å². The Labute approximate surface area is 144 Å². The molecule has 0 saturated heterocycles. The number of benzene rings is 1. The number of unbranched alkanes of at least 4 members (excludes halogenated alkanes) is 2. The van der Waals surface area contributed by atoms with Gasteiger partial charge in [0.05, 0.1) is 6.04 Å². The Morgan fingerprint density at radius 1 is 1.21 bits per heavy atom. The van der Waals surface area contributed by atoms with Crippen LogP contribution in [0.1, 0.15) is 62.1 Å². The number of nitrogens with zero attached hydrogens (tertiary/aromatic N) is 1. The van der Waals surface area contributed by atoms with Crippen LogP contribution in [0.5, 0.6) is 0 Å². The Morgan fingerprint density at radius 2 is 2.04 bits per heavy atom. The molecule has 3 atom stereocenters. The Morgan fingerprint density at radius 3 is 2.75 bits per heavy atom. The molecule has 24 heavy (non-hydrogen) atoms. The van der Waals surface area contributed by atoms with Crippen LogP contribution >= 0.6 is 0 Å². The number of hydrogen-bond donors (Lipinski definition) is 1. The topological polar surface area (TPSA) is 42.0 Å². The lowest BCUT2D eigenvalue weighted by Crippen LogP contribution is -2.30. The van der Waals surface area contributed by atoms with E-state index in [1.807, 2.05) is 30.5 Å². The molecule has 3 rings (SSSR count). The molecule has 0 aliphatic heterocycles. The maximum Gasteiger partial charge on any atom is 0.224 e. The molecule has 1 fully saturated rings. The standard InChI is InChI=1S/C21H26N2O/c1-2-3-5-12-20(16-9-6-4-7-10-16)23-21(24)19-14-18(19)17-11-8-13-22-15-17/h4,6-11,13,15,18-20H,2-3,5,12,14H2,1H3,(H,23,24). The van der Waals surface area contributed by atoms with E-state index in [9.17, 15) is 4.79 Å². The number of carbonyl (C=O) groups excluding carboxylic acids is 1. The highest BCUT2D eigenvalue weighted by Crippen LogP contribution is 2.47. The van der Waals surface area contributed by atoms with Gasteiger partial charge in [-0.2, -0.15) is 0 Å². The van der Waals surface area contributed by atoms with Crippen molar-refractivity contribution >= 4 is 5.91 Å². The summed E-state index contributed by atoms with van der Waals surface area (Å²) in [5.41, 5.74) is 2.39. The molecule has 1 aromatic carbocycles. The van der Waals surface area contributed by atoms with Crippen LogP contribution in [0.4, 0.5) is 0 Å². The third kappa shape index (κ3) is 4.22. The lowest BCUT2D eigenvalue weighted by atomic mass is 10.00. The minimum Gasteiger partial charge on any atom is -0.349 e. The molecule has 3 unspecified atom stereocenters. The van der Waals surface area contributed by atoms with E-state index in [2.05, 4.69) is 35.4 Å². The van der Waals surface area contributed by atoms with Gasteiger partial charge in [0, 0.05) is 18.3 Å². The molecule has 1 amide bonds. The lowest BCUT2D eigenvalue weighted by molar-refractivity contribution is -0.123. The Kier molecular flexibility index (Phi) is 5.63. The number of amides is 1. The van der Waals surface area contributed by atoms with Crippen LogP contribution in [-0.2, 0) is 4.79 Å². The summed E-state index contributed by atoms with van der Waals surface area (Å²) in [6.07, 6.45) is 9.16. The third-order valence-electron chi connectivity index (χ3n) is 4.85. The SMILES string of the molecule is CCCCCC(NC(=O)C1CC1c1cccnc1)c1ccccc1. The summed E-state index contributed by atoms with van der Waals surface area (Å²) in [5.74, 6) is 0.631. The maximum absolute atomic E-state index is 12.7. The van der Waals surface area contributed by atoms with E-state index in [0.717, 1.165) is 19.3 Å². The molecule has 1 aromatic heterocycles. The van der Waals surface area contributed by atoms with Crippen molar-refractivity contribution in [2.24, 2.45) is 5.92 Å². The Balaban J connectivity index is 1.61. The third-order valence-corrected chi connectivity index (χ3v) is 4.85. The van der Waals surface area contributed by atoms with Gasteiger partial charge in [-0.1, -0.05) is 62.6 Å². The molecule has 0 bridgehead atoms. The average Bonchev–Trinajstić information content (AvgIpc) is 3.43. The highest BCUT2D eigenvalue weighted by atomic mass is 16.2. The van der Waals surface area contributed by atoms with Crippen LogP contribution in [0.25, 0.3) is 0 Å². The molecule has 1 aliphatic carbocycles. The van der Waals surface area contributed by atoms with Gasteiger partial charge in [-0.15, -0.1) is 0 Å². The zero-order valence-corrected chi connectivity index (χ0v) is 14.3. The van der Waals surface area contributed by atoms with Gasteiger partial charge < -0.3 is 5.32 Å². The van der Waals surface area contributed by atoms with Crippen LogP contribution in [0.2, 0.25) is 0 Å². The van der Waals surface area contributed by atoms with Crippen LogP contribution in [-0.4, -0.2) is 10.9 Å². The molecule has 1 saturated carbocycles. The minimum atomic E-state index is 0.103. The molecule has 0 spiro atoms. The summed E-state index contributed by atoms with van der Waals surface area (Å²) in [6.45, 7) is 2.21. The lowest BCUT2D eigenvalue weighted by Gasteiger charge is -2.19. The fraction of sp³-hybridized carbons (Fsp3) is 0.429. The fourth-order valence-corrected chi connectivity index (χ4v) is 3.33. The van der Waals surface area contributed by atoms with Gasteiger partial charge >= 0.3 is 0 Å². The van der Waals surface area contributed by atoms with E-state index in [0.29, 0.717) is 5.92 Å². The van der Waals surface area contributed by atoms with Crippen molar-refractivity contribution in [3.63, 3.8) is 0 Å². The normalized spacial score (nSPS) is 20.4. The van der Waals surface area contributed by atoms with E-state index in [1.165, 1.54) is 24.0 Å². The fourth-order valence-electron chi connectivity index (χ4n) is 3.33. The molecular formula is C21H26N2O. The summed E-state index contributed by atoms with van der Waals surface area (Å²) in [7, 11) is 0. The van der Waals surface area contributed by atoms with Crippen LogP contribution in [0, 0.1) is 5.92 Å². The Bertz CT molecular complexity index is 641. The smallest absolute Gasteiger partial charge is 0.224 e. The van der Waals surface area contributed by atoms with Crippen molar-refractivity contribution in [1.82, 2.24) is 10.3 Å². The van der Waals surface area contributed by atoms with E-state index in [1.54, 1.807) is 6.20 Å². The summed E-state index contributed by atoms with van der Waals surface area (Å²) in [4.78, 5) is 16.8. The first-order chi connectivity index (χ1) is 11.8. The number of rotatable bonds is 8. The van der Waals surface area contributed by atoms with Crippen molar-refractivity contribution in [3.8, 4) is 0 Å². The summed E-state index contributed by atoms with van der Waals surface area (Å²) in [6, 6.07) is 14.5. The van der Waals surface area contributed by atoms with Gasteiger partial charge in [-0.3, -0.25) is 9.78 Å². The van der Waals surface area contributed by atoms with E-state index in [4.69, 9.17) is 0 Å². The molecular weight excluding hydrogens is 296 g/mol. The van der Waals surface area contributed by atoms with E-state index < -0.39 is 0 Å². The molecule has 2 aromatic rings. The molecule has 126 valence electrons. The van der Waals surface area contributed by atoms with Gasteiger partial charge in [0.1, 0.15) is 0 Å². The van der Waals surface area contributed by atoms with E-state index >= 15 is 0 Å². The average molecular weight is 322 g/mol. The zero-order chi connectivity index (χ0) is 16.8. The quantitative estimate of drug-likeness (QED) is 0.720. The molecule has 3 nitrogen and oxygen atoms in total. The van der Waals surface area contributed by atoms with Gasteiger partial charge in [0.25, 0.3) is 0 Å². The number of nitrogens with one attached hydrogen (secondary N) is 1. The monoisotopic (exact) mass is 322 g/mol. The summed E-state index contributed by atoms with van der Waals surface area (Å²) < 4.78 is 0. The second kappa shape index (κ2) is 8.09. The van der Waals surface area contributed by atoms with Gasteiger partial charge in [0.2, 0.25) is 5.91 Å². The highest BCUT2D eigenvalue weighted by molar-refractivity contribution is 5.83. The van der Waals surface area contributed by atoms with Crippen molar-refractivity contribution in [2.45, 2.75) is 51.0 Å². The van der Waals surface area contributed by atoms with Gasteiger partial charge in [-0.05, 0) is 36.0 Å². The van der Waals surface area contributed by atoms with Gasteiger partial charge in [0.15, 0.2) is 0 Å². The minimum absolute atomic E-state index is 0.103. The first-order valence-electron chi connectivity index (χ1n) is 9.05. The number of hydrogen-bond acceptors (Lipinski definition) is 2. The van der Waals surface area contributed by atoms with Gasteiger partial charge in [-0.25, -0.2) is 0 Å². The van der Waals surface area contributed by atoms with Crippen LogP contribution in [0.3, 0.4) is 0 Å². The van der Waals surface area contributed by atoms with Crippen molar-refractivity contribution in [1.29, 1.82) is 0 Å². The van der Waals surface area contributed by atoms with Crippen LogP contribution in [0.15, 0.2) is 54.9 Å².